The van der Waals surface area contributed by atoms with E-state index in [-0.39, 0.29) is 6.04 Å². The molecular weight excluding hydrogens is 270 g/mol. The second-order valence-electron chi connectivity index (χ2n) is 5.04. The number of aryl methyl sites for hydroxylation is 3. The van der Waals surface area contributed by atoms with Crippen molar-refractivity contribution < 1.29 is 0 Å². The lowest BCUT2D eigenvalue weighted by atomic mass is 10.2. The van der Waals surface area contributed by atoms with Gasteiger partial charge in [-0.3, -0.25) is 4.57 Å². The second-order valence-corrected chi connectivity index (χ2v) is 6.36. The quantitative estimate of drug-likeness (QED) is 0.806. The lowest BCUT2D eigenvalue weighted by Crippen LogP contribution is -2.12. The van der Waals surface area contributed by atoms with Crippen molar-refractivity contribution in [3.05, 3.63) is 27.6 Å². The number of aromatic nitrogens is 4. The van der Waals surface area contributed by atoms with Gasteiger partial charge in [0, 0.05) is 16.3 Å². The fraction of sp³-hybridized carbons (Fsp3) is 0.429. The number of thiophene rings is 1. The van der Waals surface area contributed by atoms with Crippen molar-refractivity contribution in [3.63, 3.8) is 0 Å². The fourth-order valence-corrected chi connectivity index (χ4v) is 3.53. The van der Waals surface area contributed by atoms with Crippen molar-refractivity contribution >= 4 is 28.4 Å². The Morgan fingerprint density at radius 3 is 2.70 bits per heavy atom. The molecule has 0 aliphatic heterocycles. The Kier molecular flexibility index (Phi) is 3.05. The third-order valence-electron chi connectivity index (χ3n) is 3.63. The molecule has 3 aromatic heterocycles. The average molecular weight is 289 g/mol. The number of hydrogen-bond acceptors (Lipinski definition) is 4. The van der Waals surface area contributed by atoms with Gasteiger partial charge in [0.1, 0.15) is 5.52 Å². The van der Waals surface area contributed by atoms with Crippen LogP contribution < -0.4 is 5.73 Å². The molecule has 106 valence electrons. The van der Waals surface area contributed by atoms with Gasteiger partial charge in [0.2, 0.25) is 5.95 Å². The van der Waals surface area contributed by atoms with Crippen molar-refractivity contribution in [2.24, 2.45) is 0 Å². The standard InChI is InChI=1S/C14H19N5S/c1-5-18-13-12(9(3)17-18)16-14(15)19(13)10(4)11-7-6-8(2)20-11/h6-7,10H,5H2,1-4H3,(H2,15,16). The molecule has 0 radical (unpaired) electrons. The van der Waals surface area contributed by atoms with Gasteiger partial charge in [-0.25, -0.2) is 9.67 Å². The lowest BCUT2D eigenvalue weighted by molar-refractivity contribution is 0.612. The topological polar surface area (TPSA) is 61.7 Å². The number of hydrogen-bond donors (Lipinski definition) is 1. The van der Waals surface area contributed by atoms with Crippen LogP contribution in [-0.2, 0) is 6.54 Å². The molecular formula is C14H19N5S. The summed E-state index contributed by atoms with van der Waals surface area (Å²) in [6, 6.07) is 4.47. The number of nitrogens with two attached hydrogens (primary N) is 1. The van der Waals surface area contributed by atoms with Gasteiger partial charge in [0.15, 0.2) is 5.65 Å². The summed E-state index contributed by atoms with van der Waals surface area (Å²) in [6.45, 7) is 9.15. The van der Waals surface area contributed by atoms with Crippen LogP contribution >= 0.6 is 11.3 Å². The zero-order chi connectivity index (χ0) is 14.4. The van der Waals surface area contributed by atoms with Gasteiger partial charge in [0.25, 0.3) is 0 Å². The third kappa shape index (κ3) is 1.83. The smallest absolute Gasteiger partial charge is 0.203 e. The zero-order valence-corrected chi connectivity index (χ0v) is 13.0. The molecule has 0 fully saturated rings. The number of nitrogen functional groups attached to an aromatic ring is 1. The second kappa shape index (κ2) is 4.63. The average Bonchev–Trinajstić information content (AvgIpc) is 3.05. The number of rotatable bonds is 3. The molecule has 0 aromatic carbocycles. The van der Waals surface area contributed by atoms with Gasteiger partial charge in [-0.1, -0.05) is 0 Å². The minimum Gasteiger partial charge on any atom is -0.369 e. The van der Waals surface area contributed by atoms with Crippen LogP contribution in [0.2, 0.25) is 0 Å². The summed E-state index contributed by atoms with van der Waals surface area (Å²) >= 11 is 1.80. The van der Waals surface area contributed by atoms with Gasteiger partial charge >= 0.3 is 0 Å². The minimum atomic E-state index is 0.167. The summed E-state index contributed by atoms with van der Waals surface area (Å²) in [5, 5.41) is 4.53. The predicted molar refractivity (Wildman–Crippen MR) is 83.2 cm³/mol. The predicted octanol–water partition coefficient (Wildman–Crippen LogP) is 3.12. The Bertz CT molecular complexity index is 764. The molecule has 0 aliphatic rings. The van der Waals surface area contributed by atoms with E-state index in [0.717, 1.165) is 23.4 Å². The molecule has 1 unspecified atom stereocenters. The maximum atomic E-state index is 6.15. The Hall–Kier alpha value is -1.82. The van der Waals surface area contributed by atoms with Gasteiger partial charge in [-0.2, -0.15) is 5.10 Å². The van der Waals surface area contributed by atoms with Crippen LogP contribution in [-0.4, -0.2) is 19.3 Å². The lowest BCUT2D eigenvalue weighted by Gasteiger charge is -2.15. The number of imidazole rings is 1. The highest BCUT2D eigenvalue weighted by Gasteiger charge is 2.21. The van der Waals surface area contributed by atoms with Gasteiger partial charge in [-0.15, -0.1) is 11.3 Å². The fourth-order valence-electron chi connectivity index (χ4n) is 2.61. The Labute approximate surface area is 122 Å². The zero-order valence-electron chi connectivity index (χ0n) is 12.2. The van der Waals surface area contributed by atoms with E-state index in [2.05, 4.69) is 47.6 Å². The summed E-state index contributed by atoms with van der Waals surface area (Å²) in [5.41, 5.74) is 9.00. The van der Waals surface area contributed by atoms with Crippen molar-refractivity contribution in [3.8, 4) is 0 Å². The van der Waals surface area contributed by atoms with Crippen molar-refractivity contribution in [1.82, 2.24) is 19.3 Å². The van der Waals surface area contributed by atoms with Gasteiger partial charge < -0.3 is 5.73 Å². The van der Waals surface area contributed by atoms with Crippen LogP contribution in [0.15, 0.2) is 12.1 Å². The van der Waals surface area contributed by atoms with Gasteiger partial charge in [0.05, 0.1) is 11.7 Å². The summed E-state index contributed by atoms with van der Waals surface area (Å²) in [6.07, 6.45) is 0. The highest BCUT2D eigenvalue weighted by molar-refractivity contribution is 7.12. The maximum Gasteiger partial charge on any atom is 0.203 e. The molecule has 0 saturated carbocycles. The van der Waals surface area contributed by atoms with E-state index in [1.54, 1.807) is 11.3 Å². The first-order chi connectivity index (χ1) is 9.52. The van der Waals surface area contributed by atoms with Crippen LogP contribution in [0.25, 0.3) is 11.2 Å². The van der Waals surface area contributed by atoms with Crippen LogP contribution in [0.3, 0.4) is 0 Å². The number of anilines is 1. The Balaban J connectivity index is 2.22. The van der Waals surface area contributed by atoms with E-state index < -0.39 is 0 Å². The monoisotopic (exact) mass is 289 g/mol. The molecule has 2 N–H and O–H groups in total. The molecule has 0 amide bonds. The first kappa shape index (κ1) is 13.2. The molecule has 20 heavy (non-hydrogen) atoms. The Morgan fingerprint density at radius 2 is 2.10 bits per heavy atom. The molecule has 0 aliphatic carbocycles. The van der Waals surface area contributed by atoms with E-state index in [0.29, 0.717) is 5.95 Å². The van der Waals surface area contributed by atoms with Crippen molar-refractivity contribution in [2.45, 2.75) is 40.3 Å². The minimum absolute atomic E-state index is 0.167. The molecule has 3 aromatic rings. The summed E-state index contributed by atoms with van der Waals surface area (Å²) in [7, 11) is 0. The molecule has 6 heteroatoms. The number of fused-ring (bicyclic) bond motifs is 1. The van der Waals surface area contributed by atoms with Crippen molar-refractivity contribution in [2.75, 3.05) is 5.73 Å². The summed E-state index contributed by atoms with van der Waals surface area (Å²) < 4.78 is 4.06. The molecule has 0 bridgehead atoms. The van der Waals surface area contributed by atoms with E-state index in [9.17, 15) is 0 Å². The SMILES string of the molecule is CCn1nc(C)c2nc(N)n(C(C)c3ccc(C)s3)c21. The van der Waals surface area contributed by atoms with E-state index in [1.807, 2.05) is 11.6 Å². The first-order valence-electron chi connectivity index (χ1n) is 6.80. The highest BCUT2D eigenvalue weighted by atomic mass is 32.1. The normalized spacial score (nSPS) is 13.2. The molecule has 0 saturated heterocycles. The van der Waals surface area contributed by atoms with Gasteiger partial charge in [-0.05, 0) is 39.8 Å². The maximum absolute atomic E-state index is 6.15. The van der Waals surface area contributed by atoms with Crippen LogP contribution in [0, 0.1) is 13.8 Å². The summed E-state index contributed by atoms with van der Waals surface area (Å²) in [5.74, 6) is 0.557. The molecule has 1 atom stereocenters. The van der Waals surface area contributed by atoms with Crippen LogP contribution in [0.1, 0.15) is 35.3 Å². The number of nitrogens with zero attached hydrogens (tertiary/aromatic N) is 4. The largest absolute Gasteiger partial charge is 0.369 e. The highest BCUT2D eigenvalue weighted by Crippen LogP contribution is 2.31. The van der Waals surface area contributed by atoms with E-state index >= 15 is 0 Å². The molecule has 3 rings (SSSR count). The third-order valence-corrected chi connectivity index (χ3v) is 4.80. The van der Waals surface area contributed by atoms with E-state index in [1.165, 1.54) is 9.75 Å². The molecule has 5 nitrogen and oxygen atoms in total. The van der Waals surface area contributed by atoms with Crippen LogP contribution in [0.4, 0.5) is 5.95 Å². The first-order valence-corrected chi connectivity index (χ1v) is 7.61. The van der Waals surface area contributed by atoms with Crippen molar-refractivity contribution in [1.29, 1.82) is 0 Å². The Morgan fingerprint density at radius 1 is 1.35 bits per heavy atom. The summed E-state index contributed by atoms with van der Waals surface area (Å²) in [4.78, 5) is 7.09. The molecule has 0 spiro atoms. The van der Waals surface area contributed by atoms with Crippen LogP contribution in [0.5, 0.6) is 0 Å². The molecule has 3 heterocycles. The van der Waals surface area contributed by atoms with E-state index in [4.69, 9.17) is 5.73 Å².